The van der Waals surface area contributed by atoms with Crippen molar-refractivity contribution in [3.8, 4) is 0 Å². The summed E-state index contributed by atoms with van der Waals surface area (Å²) in [4.78, 5) is 0. The second-order valence-electron chi connectivity index (χ2n) is 5.39. The van der Waals surface area contributed by atoms with E-state index in [-0.39, 0.29) is 11.7 Å². The maximum absolute atomic E-state index is 13.6. The van der Waals surface area contributed by atoms with Gasteiger partial charge in [-0.15, -0.1) is 0 Å². The van der Waals surface area contributed by atoms with Crippen LogP contribution < -0.4 is 0 Å². The van der Waals surface area contributed by atoms with Crippen molar-refractivity contribution in [3.63, 3.8) is 0 Å². The van der Waals surface area contributed by atoms with Crippen molar-refractivity contribution in [3.05, 3.63) is 70.5 Å². The molecule has 0 spiro atoms. The third-order valence-electron chi connectivity index (χ3n) is 4.07. The highest BCUT2D eigenvalue weighted by Gasteiger charge is 2.28. The fourth-order valence-corrected chi connectivity index (χ4v) is 2.88. The minimum Gasteiger partial charge on any atom is -0.388 e. The number of rotatable bonds is 2. The van der Waals surface area contributed by atoms with E-state index in [9.17, 15) is 9.50 Å². The Morgan fingerprint density at radius 3 is 2.32 bits per heavy atom. The Morgan fingerprint density at radius 1 is 1.11 bits per heavy atom. The van der Waals surface area contributed by atoms with Gasteiger partial charge in [-0.2, -0.15) is 0 Å². The first-order chi connectivity index (χ1) is 9.15. The fourth-order valence-electron chi connectivity index (χ4n) is 2.88. The highest BCUT2D eigenvalue weighted by Crippen LogP contribution is 2.35. The van der Waals surface area contributed by atoms with Crippen molar-refractivity contribution >= 4 is 0 Å². The van der Waals surface area contributed by atoms with Gasteiger partial charge in [0.15, 0.2) is 0 Å². The Kier molecular flexibility index (Phi) is 3.11. The van der Waals surface area contributed by atoms with E-state index >= 15 is 0 Å². The second-order valence-corrected chi connectivity index (χ2v) is 5.39. The van der Waals surface area contributed by atoms with Gasteiger partial charge in [0.05, 0.1) is 6.10 Å². The highest BCUT2D eigenvalue weighted by atomic mass is 19.1. The minimum absolute atomic E-state index is 0.152. The molecule has 2 aromatic carbocycles. The Bertz CT molecular complexity index is 581. The fraction of sp³-hybridized carbons (Fsp3) is 0.294. The van der Waals surface area contributed by atoms with Gasteiger partial charge in [0.2, 0.25) is 0 Å². The summed E-state index contributed by atoms with van der Waals surface area (Å²) in [6.45, 7) is 1.73. The number of benzene rings is 2. The van der Waals surface area contributed by atoms with Crippen LogP contribution in [0.4, 0.5) is 4.39 Å². The summed E-state index contributed by atoms with van der Waals surface area (Å²) >= 11 is 0. The zero-order valence-corrected chi connectivity index (χ0v) is 10.9. The van der Waals surface area contributed by atoms with Gasteiger partial charge in [0.25, 0.3) is 0 Å². The number of halogens is 1. The Labute approximate surface area is 112 Å². The lowest BCUT2D eigenvalue weighted by Gasteiger charge is -2.18. The van der Waals surface area contributed by atoms with Crippen LogP contribution in [0.5, 0.6) is 0 Å². The number of aryl methyl sites for hydroxylation is 1. The molecule has 1 unspecified atom stereocenters. The van der Waals surface area contributed by atoms with Gasteiger partial charge in [0.1, 0.15) is 5.82 Å². The van der Waals surface area contributed by atoms with Crippen LogP contribution in [0.25, 0.3) is 0 Å². The quantitative estimate of drug-likeness (QED) is 0.870. The molecule has 0 saturated heterocycles. The molecule has 0 bridgehead atoms. The number of aliphatic hydroxyl groups excluding tert-OH is 1. The first-order valence-corrected chi connectivity index (χ1v) is 6.66. The molecule has 3 rings (SSSR count). The first kappa shape index (κ1) is 12.4. The van der Waals surface area contributed by atoms with Gasteiger partial charge in [0, 0.05) is 0 Å². The minimum atomic E-state index is -0.595. The second kappa shape index (κ2) is 4.78. The zero-order chi connectivity index (χ0) is 13.4. The summed E-state index contributed by atoms with van der Waals surface area (Å²) in [6, 6.07) is 13.3. The highest BCUT2D eigenvalue weighted by molar-refractivity contribution is 5.34. The molecule has 2 heteroatoms. The molecule has 0 amide bonds. The largest absolute Gasteiger partial charge is 0.388 e. The van der Waals surface area contributed by atoms with E-state index in [0.717, 1.165) is 12.8 Å². The number of hydrogen-bond donors (Lipinski definition) is 1. The summed E-state index contributed by atoms with van der Waals surface area (Å²) in [6.07, 6.45) is 1.14. The molecule has 0 radical (unpaired) electrons. The molecule has 0 aliphatic heterocycles. The molecule has 0 aromatic heterocycles. The lowest BCUT2D eigenvalue weighted by atomic mass is 9.92. The smallest absolute Gasteiger partial charge is 0.126 e. The van der Waals surface area contributed by atoms with Crippen molar-refractivity contribution in [1.29, 1.82) is 0 Å². The van der Waals surface area contributed by atoms with Crippen LogP contribution in [0.15, 0.2) is 42.5 Å². The normalized spacial score (nSPS) is 16.4. The summed E-state index contributed by atoms with van der Waals surface area (Å²) < 4.78 is 13.6. The summed E-state index contributed by atoms with van der Waals surface area (Å²) in [5.74, 6) is -0.0911. The van der Waals surface area contributed by atoms with Gasteiger partial charge in [-0.3, -0.25) is 0 Å². The number of aliphatic hydroxyl groups is 1. The maximum Gasteiger partial charge on any atom is 0.126 e. The van der Waals surface area contributed by atoms with Crippen molar-refractivity contribution < 1.29 is 9.50 Å². The van der Waals surface area contributed by atoms with E-state index in [1.807, 2.05) is 18.2 Å². The van der Waals surface area contributed by atoms with Crippen LogP contribution in [-0.2, 0) is 12.8 Å². The Hall–Kier alpha value is -1.67. The third kappa shape index (κ3) is 2.28. The van der Waals surface area contributed by atoms with Crippen LogP contribution in [0.1, 0.15) is 28.4 Å². The van der Waals surface area contributed by atoms with Gasteiger partial charge in [-0.05, 0) is 54.0 Å². The molecule has 1 aliphatic carbocycles. The molecule has 0 saturated carbocycles. The van der Waals surface area contributed by atoms with Crippen LogP contribution >= 0.6 is 0 Å². The van der Waals surface area contributed by atoms with Crippen LogP contribution in [0, 0.1) is 18.7 Å². The van der Waals surface area contributed by atoms with E-state index in [4.69, 9.17) is 0 Å². The first-order valence-electron chi connectivity index (χ1n) is 6.66. The van der Waals surface area contributed by atoms with E-state index in [2.05, 4.69) is 12.1 Å². The van der Waals surface area contributed by atoms with Crippen molar-refractivity contribution in [2.45, 2.75) is 25.9 Å². The molecule has 19 heavy (non-hydrogen) atoms. The lowest BCUT2D eigenvalue weighted by molar-refractivity contribution is 0.113. The number of fused-ring (bicyclic) bond motifs is 1. The third-order valence-corrected chi connectivity index (χ3v) is 4.07. The van der Waals surface area contributed by atoms with Crippen LogP contribution in [0.2, 0.25) is 0 Å². The molecular formula is C17H17FO. The van der Waals surface area contributed by atoms with E-state index in [1.165, 1.54) is 17.2 Å². The molecular weight excluding hydrogens is 239 g/mol. The maximum atomic E-state index is 13.6. The van der Waals surface area contributed by atoms with Crippen LogP contribution in [-0.4, -0.2) is 5.11 Å². The molecule has 98 valence electrons. The van der Waals surface area contributed by atoms with Crippen molar-refractivity contribution in [1.82, 2.24) is 0 Å². The van der Waals surface area contributed by atoms with Gasteiger partial charge >= 0.3 is 0 Å². The average Bonchev–Trinajstić information content (AvgIpc) is 2.85. The summed E-state index contributed by atoms with van der Waals surface area (Å²) in [5, 5.41) is 10.4. The van der Waals surface area contributed by atoms with Crippen molar-refractivity contribution in [2.75, 3.05) is 0 Å². The Morgan fingerprint density at radius 2 is 1.74 bits per heavy atom. The molecule has 2 aromatic rings. The molecule has 0 fully saturated rings. The SMILES string of the molecule is Cc1ccc(C(O)C2Cc3ccccc3C2)cc1F. The summed E-state index contributed by atoms with van der Waals surface area (Å²) in [7, 11) is 0. The molecule has 1 atom stereocenters. The topological polar surface area (TPSA) is 20.2 Å². The van der Waals surface area contributed by atoms with Gasteiger partial charge in [-0.25, -0.2) is 4.39 Å². The molecule has 1 aliphatic rings. The summed E-state index contributed by atoms with van der Waals surface area (Å²) in [5.41, 5.74) is 3.91. The standard InChI is InChI=1S/C17H17FO/c1-11-6-7-14(10-16(11)18)17(19)15-8-12-4-2-3-5-13(12)9-15/h2-7,10,15,17,19H,8-9H2,1H3. The van der Waals surface area contributed by atoms with E-state index in [1.54, 1.807) is 13.0 Å². The van der Waals surface area contributed by atoms with E-state index < -0.39 is 6.10 Å². The Balaban J connectivity index is 1.82. The van der Waals surface area contributed by atoms with Gasteiger partial charge in [-0.1, -0.05) is 36.4 Å². The monoisotopic (exact) mass is 256 g/mol. The van der Waals surface area contributed by atoms with E-state index in [0.29, 0.717) is 11.1 Å². The van der Waals surface area contributed by atoms with Gasteiger partial charge < -0.3 is 5.11 Å². The molecule has 1 N–H and O–H groups in total. The van der Waals surface area contributed by atoms with Crippen LogP contribution in [0.3, 0.4) is 0 Å². The predicted octanol–water partition coefficient (Wildman–Crippen LogP) is 3.58. The average molecular weight is 256 g/mol. The predicted molar refractivity (Wildman–Crippen MR) is 73.4 cm³/mol. The molecule has 1 nitrogen and oxygen atoms in total. The zero-order valence-electron chi connectivity index (χ0n) is 10.9. The van der Waals surface area contributed by atoms with Crippen molar-refractivity contribution in [2.24, 2.45) is 5.92 Å². The molecule has 0 heterocycles. The number of hydrogen-bond acceptors (Lipinski definition) is 1. The lowest BCUT2D eigenvalue weighted by Crippen LogP contribution is -2.13.